The molecule has 0 radical (unpaired) electrons. The van der Waals surface area contributed by atoms with E-state index in [0.717, 1.165) is 65.5 Å². The minimum Gasteiger partial charge on any atom is -0.329 e. The molecule has 0 saturated heterocycles. The second kappa shape index (κ2) is 9.07. The average Bonchev–Trinajstić information content (AvgIpc) is 3.57. The molecule has 7 aromatic carbocycles. The van der Waals surface area contributed by atoms with Crippen LogP contribution in [0.2, 0.25) is 0 Å². The Morgan fingerprint density at radius 2 is 0.886 bits per heavy atom. The molecule has 0 N–H and O–H groups in total. The van der Waals surface area contributed by atoms with E-state index >= 15 is 0 Å². The number of nitrogens with zero attached hydrogens (tertiary/aromatic N) is 4. The number of fused-ring (bicyclic) bond motifs is 8. The third-order valence-electron chi connectivity index (χ3n) is 8.89. The van der Waals surface area contributed by atoms with Gasteiger partial charge in [-0.15, -0.1) is 0 Å². The highest BCUT2D eigenvalue weighted by Gasteiger charge is 2.24. The van der Waals surface area contributed by atoms with Gasteiger partial charge in [0.25, 0.3) is 0 Å². The van der Waals surface area contributed by atoms with E-state index < -0.39 is 0 Å². The second-order valence-electron chi connectivity index (χ2n) is 11.2. The molecule has 9 aromatic rings. The van der Waals surface area contributed by atoms with Crippen molar-refractivity contribution in [3.05, 3.63) is 156 Å². The molecule has 0 bridgehead atoms. The van der Waals surface area contributed by atoms with Gasteiger partial charge in [-0.2, -0.15) is 0 Å². The van der Waals surface area contributed by atoms with Crippen molar-refractivity contribution in [1.82, 2.24) is 9.13 Å². The Morgan fingerprint density at radius 1 is 0.409 bits per heavy atom. The zero-order valence-electron chi connectivity index (χ0n) is 23.5. The highest BCUT2D eigenvalue weighted by Crippen LogP contribution is 2.46. The molecule has 0 aliphatic carbocycles. The lowest BCUT2D eigenvalue weighted by molar-refractivity contribution is 1.15. The minimum atomic E-state index is 0.446. The largest absolute Gasteiger partial charge is 0.329 e. The maximum absolute atomic E-state index is 8.59. The lowest BCUT2D eigenvalue weighted by Crippen LogP contribution is -2.00. The first kappa shape index (κ1) is 24.3. The van der Waals surface area contributed by atoms with E-state index in [1.54, 1.807) is 0 Å². The topological polar surface area (TPSA) is 18.6 Å². The standard InChI is InChI=1S/C40H22N4/c1-41-33-19-20-36(43-34-17-9-7-15-29(34)31-21-25-11-3-5-13-27(25)23-37(31)43)39(42-2)40(33)44-35-18-10-8-16-30(35)32-22-26-12-4-6-14-28(26)24-38(32)44/h3-24H. The molecule has 9 rings (SSSR count). The van der Waals surface area contributed by atoms with Gasteiger partial charge in [0.2, 0.25) is 5.69 Å². The molecule has 0 amide bonds. The highest BCUT2D eigenvalue weighted by atomic mass is 15.1. The van der Waals surface area contributed by atoms with Crippen molar-refractivity contribution in [3.8, 4) is 11.4 Å². The lowest BCUT2D eigenvalue weighted by Gasteiger charge is -2.18. The lowest BCUT2D eigenvalue weighted by atomic mass is 10.1. The number of hydrogen-bond acceptors (Lipinski definition) is 0. The van der Waals surface area contributed by atoms with Crippen LogP contribution in [0.4, 0.5) is 11.4 Å². The molecule has 0 aliphatic heterocycles. The molecule has 0 atom stereocenters. The first-order valence-electron chi connectivity index (χ1n) is 14.5. The van der Waals surface area contributed by atoms with Crippen LogP contribution in [0, 0.1) is 13.1 Å². The van der Waals surface area contributed by atoms with Crippen molar-refractivity contribution in [2.24, 2.45) is 0 Å². The van der Waals surface area contributed by atoms with Crippen LogP contribution in [0.3, 0.4) is 0 Å². The Morgan fingerprint density at radius 3 is 1.43 bits per heavy atom. The van der Waals surface area contributed by atoms with Crippen LogP contribution in [0.25, 0.3) is 86.2 Å². The van der Waals surface area contributed by atoms with Crippen LogP contribution in [0.15, 0.2) is 133 Å². The first-order valence-corrected chi connectivity index (χ1v) is 14.5. The molecular weight excluding hydrogens is 536 g/mol. The molecule has 4 nitrogen and oxygen atoms in total. The summed E-state index contributed by atoms with van der Waals surface area (Å²) in [6, 6.07) is 46.0. The van der Waals surface area contributed by atoms with Crippen molar-refractivity contribution in [3.63, 3.8) is 0 Å². The quantitative estimate of drug-likeness (QED) is 0.188. The summed E-state index contributed by atoms with van der Waals surface area (Å²) in [7, 11) is 0. The van der Waals surface area contributed by atoms with Gasteiger partial charge in [0.05, 0.1) is 46.6 Å². The van der Waals surface area contributed by atoms with Gasteiger partial charge < -0.3 is 9.13 Å². The fraction of sp³-hybridized carbons (Fsp3) is 0. The van der Waals surface area contributed by atoms with Gasteiger partial charge in [0, 0.05) is 21.5 Å². The molecular formula is C40H22N4. The Hall–Kier alpha value is -6.36. The zero-order chi connectivity index (χ0) is 29.4. The van der Waals surface area contributed by atoms with Gasteiger partial charge in [-0.1, -0.05) is 97.1 Å². The summed E-state index contributed by atoms with van der Waals surface area (Å²) in [5.74, 6) is 0. The molecule has 0 unspecified atom stereocenters. The number of hydrogen-bond donors (Lipinski definition) is 0. The minimum absolute atomic E-state index is 0.446. The van der Waals surface area contributed by atoms with Gasteiger partial charge >= 0.3 is 0 Å². The summed E-state index contributed by atoms with van der Waals surface area (Å²) in [5, 5.41) is 9.04. The molecule has 44 heavy (non-hydrogen) atoms. The van der Waals surface area contributed by atoms with Crippen molar-refractivity contribution >= 4 is 76.5 Å². The second-order valence-corrected chi connectivity index (χ2v) is 11.2. The van der Waals surface area contributed by atoms with Crippen LogP contribution in [-0.2, 0) is 0 Å². The van der Waals surface area contributed by atoms with Crippen molar-refractivity contribution in [2.45, 2.75) is 0 Å². The molecule has 2 heterocycles. The fourth-order valence-electron chi connectivity index (χ4n) is 6.97. The number of aromatic nitrogens is 2. The predicted molar refractivity (Wildman–Crippen MR) is 183 cm³/mol. The third-order valence-corrected chi connectivity index (χ3v) is 8.89. The summed E-state index contributed by atoms with van der Waals surface area (Å²) < 4.78 is 4.33. The van der Waals surface area contributed by atoms with E-state index in [1.807, 2.05) is 36.4 Å². The molecule has 0 fully saturated rings. The maximum Gasteiger partial charge on any atom is 0.223 e. The van der Waals surface area contributed by atoms with Crippen LogP contribution >= 0.6 is 0 Å². The van der Waals surface area contributed by atoms with Gasteiger partial charge in [-0.05, 0) is 57.9 Å². The Balaban J connectivity index is 1.46. The number of benzene rings is 7. The summed E-state index contributed by atoms with van der Waals surface area (Å²) in [6.07, 6.45) is 0. The summed E-state index contributed by atoms with van der Waals surface area (Å²) in [6.45, 7) is 16.8. The van der Waals surface area contributed by atoms with E-state index in [9.17, 15) is 0 Å². The summed E-state index contributed by atoms with van der Waals surface area (Å²) in [5.41, 5.74) is 6.27. The Kier molecular flexibility index (Phi) is 5.00. The molecule has 0 aliphatic rings. The Bertz CT molecular complexity index is 2740. The average molecular weight is 559 g/mol. The summed E-state index contributed by atoms with van der Waals surface area (Å²) in [4.78, 5) is 8.18. The van der Waals surface area contributed by atoms with Gasteiger partial charge in [-0.3, -0.25) is 0 Å². The van der Waals surface area contributed by atoms with Crippen LogP contribution in [0.1, 0.15) is 0 Å². The predicted octanol–water partition coefficient (Wildman–Crippen LogP) is 11.3. The smallest absolute Gasteiger partial charge is 0.223 e. The van der Waals surface area contributed by atoms with E-state index in [-0.39, 0.29) is 0 Å². The van der Waals surface area contributed by atoms with E-state index in [2.05, 4.69) is 116 Å². The third kappa shape index (κ3) is 3.25. The fourth-order valence-corrected chi connectivity index (χ4v) is 6.97. The number of rotatable bonds is 2. The molecule has 202 valence electrons. The van der Waals surface area contributed by atoms with Crippen LogP contribution < -0.4 is 0 Å². The monoisotopic (exact) mass is 558 g/mol. The van der Waals surface area contributed by atoms with E-state index in [4.69, 9.17) is 13.1 Å². The Labute approximate surface area is 252 Å². The van der Waals surface area contributed by atoms with Gasteiger partial charge in [-0.25, -0.2) is 9.69 Å². The summed E-state index contributed by atoms with van der Waals surface area (Å²) >= 11 is 0. The molecule has 2 aromatic heterocycles. The SMILES string of the molecule is [C-]#[N+]c1ccc(-n2c3ccccc3c3cc4ccccc4cc32)c([N+]#[C-])c1-n1c2ccccc2c2cc3ccccc3cc21. The molecule has 0 saturated carbocycles. The van der Waals surface area contributed by atoms with Crippen molar-refractivity contribution < 1.29 is 0 Å². The van der Waals surface area contributed by atoms with Crippen molar-refractivity contribution in [1.29, 1.82) is 0 Å². The normalized spacial score (nSPS) is 11.6. The molecule has 4 heteroatoms. The van der Waals surface area contributed by atoms with Gasteiger partial charge in [0.1, 0.15) is 0 Å². The van der Waals surface area contributed by atoms with E-state index in [1.165, 1.54) is 5.39 Å². The number of para-hydroxylation sites is 2. The zero-order valence-corrected chi connectivity index (χ0v) is 23.5. The maximum atomic E-state index is 8.59. The molecule has 0 spiro atoms. The van der Waals surface area contributed by atoms with Crippen LogP contribution in [0.5, 0.6) is 0 Å². The van der Waals surface area contributed by atoms with Crippen molar-refractivity contribution in [2.75, 3.05) is 0 Å². The van der Waals surface area contributed by atoms with Crippen LogP contribution in [-0.4, -0.2) is 9.13 Å². The first-order chi connectivity index (χ1) is 21.7. The van der Waals surface area contributed by atoms with E-state index in [0.29, 0.717) is 17.1 Å². The van der Waals surface area contributed by atoms with Gasteiger partial charge in [0.15, 0.2) is 5.69 Å². The highest BCUT2D eigenvalue weighted by molar-refractivity contribution is 6.16.